The Morgan fingerprint density at radius 1 is 1.35 bits per heavy atom. The second kappa shape index (κ2) is 6.44. The molecule has 0 spiro atoms. The summed E-state index contributed by atoms with van der Waals surface area (Å²) in [5.74, 6) is 0. The molecule has 1 aromatic rings. The van der Waals surface area contributed by atoms with Crippen LogP contribution in [0, 0.1) is 0 Å². The number of hydrogen-bond donors (Lipinski definition) is 2. The average Bonchev–Trinajstić information content (AvgIpc) is 2.16. The maximum Gasteiger partial charge on any atom is 0.416 e. The molecule has 3 N–H and O–H groups in total. The molecule has 0 saturated carbocycles. The molecule has 17 heavy (non-hydrogen) atoms. The van der Waals surface area contributed by atoms with E-state index in [-0.39, 0.29) is 36.0 Å². The second-order valence-corrected chi connectivity index (χ2v) is 3.78. The van der Waals surface area contributed by atoms with Crippen LogP contribution in [0.15, 0.2) is 18.2 Å². The van der Waals surface area contributed by atoms with Crippen LogP contribution in [0.3, 0.4) is 0 Å². The molecule has 1 aromatic carbocycles. The van der Waals surface area contributed by atoms with Crippen molar-refractivity contribution in [3.05, 3.63) is 34.3 Å². The largest absolute Gasteiger partial charge is 0.416 e. The fourth-order valence-electron chi connectivity index (χ4n) is 1.39. The summed E-state index contributed by atoms with van der Waals surface area (Å²) in [4.78, 5) is 0. The molecule has 1 unspecified atom stereocenters. The molecule has 2 nitrogen and oxygen atoms in total. The van der Waals surface area contributed by atoms with E-state index in [1.807, 2.05) is 0 Å². The SMILES string of the molecule is Cl.NC(CCO)c1ccc(Cl)cc1C(F)(F)F. The van der Waals surface area contributed by atoms with Gasteiger partial charge in [0.2, 0.25) is 0 Å². The number of nitrogens with two attached hydrogens (primary N) is 1. The highest BCUT2D eigenvalue weighted by atomic mass is 35.5. The standard InChI is InChI=1S/C10H11ClF3NO.ClH/c11-6-1-2-7(9(15)3-4-16)8(5-6)10(12,13)14;/h1-2,5,9,16H,3-4,15H2;1H. The van der Waals surface area contributed by atoms with E-state index in [4.69, 9.17) is 22.4 Å². The number of aliphatic hydroxyl groups excluding tert-OH is 1. The first kappa shape index (κ1) is 16.5. The quantitative estimate of drug-likeness (QED) is 0.898. The summed E-state index contributed by atoms with van der Waals surface area (Å²) in [6.45, 7) is -0.263. The van der Waals surface area contributed by atoms with Crippen LogP contribution < -0.4 is 5.73 Å². The maximum atomic E-state index is 12.7. The predicted molar refractivity (Wildman–Crippen MR) is 62.3 cm³/mol. The number of aliphatic hydroxyl groups is 1. The number of benzene rings is 1. The first-order valence-corrected chi connectivity index (χ1v) is 4.97. The summed E-state index contributed by atoms with van der Waals surface area (Å²) in [7, 11) is 0. The van der Waals surface area contributed by atoms with Crippen molar-refractivity contribution in [2.75, 3.05) is 6.61 Å². The zero-order valence-corrected chi connectivity index (χ0v) is 10.2. The third-order valence-electron chi connectivity index (χ3n) is 2.16. The Bertz CT molecular complexity index is 371. The Kier molecular flexibility index (Phi) is 6.26. The predicted octanol–water partition coefficient (Wildman–Crippen LogP) is 3.16. The van der Waals surface area contributed by atoms with Crippen LogP contribution in [0.1, 0.15) is 23.6 Å². The smallest absolute Gasteiger partial charge is 0.396 e. The summed E-state index contributed by atoms with van der Waals surface area (Å²) < 4.78 is 38.0. The van der Waals surface area contributed by atoms with Crippen LogP contribution >= 0.6 is 24.0 Å². The van der Waals surface area contributed by atoms with Gasteiger partial charge >= 0.3 is 6.18 Å². The fraction of sp³-hybridized carbons (Fsp3) is 0.400. The zero-order valence-electron chi connectivity index (χ0n) is 8.67. The Labute approximate surface area is 108 Å². The molecule has 1 atom stereocenters. The van der Waals surface area contributed by atoms with Gasteiger partial charge in [0.1, 0.15) is 0 Å². The van der Waals surface area contributed by atoms with Crippen molar-refractivity contribution in [2.45, 2.75) is 18.6 Å². The molecule has 0 aliphatic rings. The van der Waals surface area contributed by atoms with Gasteiger partial charge in [-0.25, -0.2) is 0 Å². The highest BCUT2D eigenvalue weighted by Crippen LogP contribution is 2.36. The molecule has 0 aliphatic heterocycles. The molecule has 0 aliphatic carbocycles. The molecule has 98 valence electrons. The molecule has 7 heteroatoms. The summed E-state index contributed by atoms with van der Waals surface area (Å²) in [5.41, 5.74) is 4.65. The minimum Gasteiger partial charge on any atom is -0.396 e. The lowest BCUT2D eigenvalue weighted by Crippen LogP contribution is -2.18. The first-order chi connectivity index (χ1) is 7.36. The molecule has 1 rings (SSSR count). The lowest BCUT2D eigenvalue weighted by atomic mass is 9.98. The minimum atomic E-state index is -4.49. The van der Waals surface area contributed by atoms with E-state index in [0.29, 0.717) is 0 Å². The van der Waals surface area contributed by atoms with Crippen molar-refractivity contribution in [2.24, 2.45) is 5.73 Å². The Balaban J connectivity index is 0.00000256. The van der Waals surface area contributed by atoms with Gasteiger partial charge < -0.3 is 10.8 Å². The lowest BCUT2D eigenvalue weighted by Gasteiger charge is -2.17. The summed E-state index contributed by atoms with van der Waals surface area (Å²) in [6, 6.07) is 2.59. The van der Waals surface area contributed by atoms with Gasteiger partial charge in [-0.3, -0.25) is 0 Å². The lowest BCUT2D eigenvalue weighted by molar-refractivity contribution is -0.138. The minimum absolute atomic E-state index is 0. The van der Waals surface area contributed by atoms with Gasteiger partial charge in [-0.15, -0.1) is 12.4 Å². The third-order valence-corrected chi connectivity index (χ3v) is 2.40. The van der Waals surface area contributed by atoms with E-state index in [2.05, 4.69) is 0 Å². The van der Waals surface area contributed by atoms with E-state index in [0.717, 1.165) is 6.07 Å². The Morgan fingerprint density at radius 3 is 2.41 bits per heavy atom. The normalized spacial score (nSPS) is 13.1. The Morgan fingerprint density at radius 2 is 1.94 bits per heavy atom. The molecule has 0 amide bonds. The highest BCUT2D eigenvalue weighted by Gasteiger charge is 2.34. The topological polar surface area (TPSA) is 46.2 Å². The van der Waals surface area contributed by atoms with Gasteiger partial charge in [0.05, 0.1) is 5.56 Å². The van der Waals surface area contributed by atoms with Crippen molar-refractivity contribution in [1.29, 1.82) is 0 Å². The van der Waals surface area contributed by atoms with Crippen molar-refractivity contribution in [3.63, 3.8) is 0 Å². The first-order valence-electron chi connectivity index (χ1n) is 4.59. The van der Waals surface area contributed by atoms with Gasteiger partial charge in [-0.1, -0.05) is 17.7 Å². The van der Waals surface area contributed by atoms with Crippen molar-refractivity contribution in [1.82, 2.24) is 0 Å². The third kappa shape index (κ3) is 4.35. The number of hydrogen-bond acceptors (Lipinski definition) is 2. The number of rotatable bonds is 3. The molecular weight excluding hydrogens is 278 g/mol. The van der Waals surface area contributed by atoms with Gasteiger partial charge in [0, 0.05) is 17.7 Å². The molecule has 0 saturated heterocycles. The molecule has 0 bridgehead atoms. The van der Waals surface area contributed by atoms with Crippen molar-refractivity contribution < 1.29 is 18.3 Å². The van der Waals surface area contributed by atoms with Crippen LogP contribution in [-0.2, 0) is 6.18 Å². The van der Waals surface area contributed by atoms with Crippen LogP contribution in [-0.4, -0.2) is 11.7 Å². The molecule has 0 fully saturated rings. The summed E-state index contributed by atoms with van der Waals surface area (Å²) >= 11 is 5.51. The molecule has 0 radical (unpaired) electrons. The van der Waals surface area contributed by atoms with Crippen LogP contribution in [0.25, 0.3) is 0 Å². The van der Waals surface area contributed by atoms with Gasteiger partial charge in [0.25, 0.3) is 0 Å². The van der Waals surface area contributed by atoms with Gasteiger partial charge in [-0.2, -0.15) is 13.2 Å². The Hall–Kier alpha value is -0.490. The van der Waals surface area contributed by atoms with Crippen LogP contribution in [0.5, 0.6) is 0 Å². The van der Waals surface area contributed by atoms with Crippen LogP contribution in [0.2, 0.25) is 5.02 Å². The summed E-state index contributed by atoms with van der Waals surface area (Å²) in [5, 5.41) is 8.67. The van der Waals surface area contributed by atoms with E-state index in [1.165, 1.54) is 12.1 Å². The summed E-state index contributed by atoms with van der Waals surface area (Å²) in [6.07, 6.45) is -4.42. The van der Waals surface area contributed by atoms with Crippen molar-refractivity contribution >= 4 is 24.0 Å². The number of halogens is 5. The van der Waals surface area contributed by atoms with Gasteiger partial charge in [0.15, 0.2) is 0 Å². The van der Waals surface area contributed by atoms with E-state index >= 15 is 0 Å². The molecule has 0 aromatic heterocycles. The monoisotopic (exact) mass is 289 g/mol. The van der Waals surface area contributed by atoms with E-state index in [9.17, 15) is 13.2 Å². The molecular formula is C10H12Cl2F3NO. The van der Waals surface area contributed by atoms with E-state index < -0.39 is 17.8 Å². The number of alkyl halides is 3. The maximum absolute atomic E-state index is 12.7. The second-order valence-electron chi connectivity index (χ2n) is 3.35. The van der Waals surface area contributed by atoms with Gasteiger partial charge in [-0.05, 0) is 24.1 Å². The average molecular weight is 290 g/mol. The highest BCUT2D eigenvalue weighted by molar-refractivity contribution is 6.30. The fourth-order valence-corrected chi connectivity index (χ4v) is 1.56. The zero-order chi connectivity index (χ0) is 12.3. The molecule has 0 heterocycles. The van der Waals surface area contributed by atoms with Crippen molar-refractivity contribution in [3.8, 4) is 0 Å². The van der Waals surface area contributed by atoms with E-state index in [1.54, 1.807) is 0 Å². The van der Waals surface area contributed by atoms with Crippen LogP contribution in [0.4, 0.5) is 13.2 Å².